The van der Waals surface area contributed by atoms with Crippen molar-refractivity contribution >= 4 is 10.8 Å². The lowest BCUT2D eigenvalue weighted by molar-refractivity contribution is 0.415. The Morgan fingerprint density at radius 3 is 2.03 bits per heavy atom. The monoisotopic (exact) mass is 440 g/mol. The van der Waals surface area contributed by atoms with E-state index in [1.807, 2.05) is 42.5 Å². The van der Waals surface area contributed by atoms with Crippen LogP contribution >= 0.6 is 0 Å². The molecule has 4 aromatic rings. The molecule has 0 saturated carbocycles. The minimum absolute atomic E-state index is 0.168. The molecule has 0 amide bonds. The molecule has 170 valence electrons. The van der Waals surface area contributed by atoms with Crippen molar-refractivity contribution < 1.29 is 9.13 Å². The highest BCUT2D eigenvalue weighted by Gasteiger charge is 2.10. The van der Waals surface area contributed by atoms with Crippen LogP contribution in [0.25, 0.3) is 21.9 Å². The Labute approximate surface area is 197 Å². The van der Waals surface area contributed by atoms with Crippen molar-refractivity contribution in [2.45, 2.75) is 51.9 Å². The lowest BCUT2D eigenvalue weighted by Gasteiger charge is -2.10. The number of aryl methyl sites for hydroxylation is 3. The quantitative estimate of drug-likeness (QED) is 0.224. The van der Waals surface area contributed by atoms with E-state index in [0.717, 1.165) is 29.5 Å². The summed E-state index contributed by atoms with van der Waals surface area (Å²) in [5, 5.41) is 1.61. The number of rotatable bonds is 10. The standard InChI is InChI=1S/C31H33FO/c1-3-4-5-6-7-23-8-10-24(11-9-23)12-13-25-14-20-30-27(22-25)17-21-29(31(30)32)26-15-18-28(33-2)19-16-26/h8-11,14-22H,3-7,12-13H2,1-2H3. The molecule has 0 fully saturated rings. The molecule has 2 heteroatoms. The maximum Gasteiger partial charge on any atom is 0.138 e. The van der Waals surface area contributed by atoms with E-state index < -0.39 is 0 Å². The zero-order chi connectivity index (χ0) is 23.0. The van der Waals surface area contributed by atoms with Gasteiger partial charge in [-0.25, -0.2) is 4.39 Å². The number of halogens is 1. The zero-order valence-corrected chi connectivity index (χ0v) is 19.7. The van der Waals surface area contributed by atoms with Gasteiger partial charge < -0.3 is 4.74 Å². The molecule has 0 bridgehead atoms. The first-order chi connectivity index (χ1) is 16.2. The second-order valence-electron chi connectivity index (χ2n) is 8.84. The van der Waals surface area contributed by atoms with Gasteiger partial charge in [-0.15, -0.1) is 0 Å². The lowest BCUT2D eigenvalue weighted by Crippen LogP contribution is -1.94. The largest absolute Gasteiger partial charge is 0.497 e. The van der Waals surface area contributed by atoms with Crippen LogP contribution in [-0.4, -0.2) is 7.11 Å². The van der Waals surface area contributed by atoms with E-state index >= 15 is 4.39 Å². The third kappa shape index (κ3) is 5.82. The van der Waals surface area contributed by atoms with Crippen LogP contribution in [0.5, 0.6) is 5.75 Å². The summed E-state index contributed by atoms with van der Waals surface area (Å²) in [6, 6.07) is 26.6. The Balaban J connectivity index is 1.42. The molecule has 0 spiro atoms. The predicted octanol–water partition coefficient (Wildman–Crippen LogP) is 8.56. The highest BCUT2D eigenvalue weighted by molar-refractivity contribution is 5.88. The third-order valence-electron chi connectivity index (χ3n) is 6.46. The molecule has 0 saturated heterocycles. The number of hydrogen-bond acceptors (Lipinski definition) is 1. The van der Waals surface area contributed by atoms with Crippen LogP contribution in [0.4, 0.5) is 4.39 Å². The molecular formula is C31H33FO. The normalized spacial score (nSPS) is 11.1. The van der Waals surface area contributed by atoms with E-state index in [0.29, 0.717) is 10.9 Å². The van der Waals surface area contributed by atoms with Crippen molar-refractivity contribution in [2.24, 2.45) is 0 Å². The molecule has 4 rings (SSSR count). The van der Waals surface area contributed by atoms with Crippen molar-refractivity contribution in [1.29, 1.82) is 0 Å². The van der Waals surface area contributed by atoms with Crippen LogP contribution in [0.15, 0.2) is 78.9 Å². The fourth-order valence-electron chi connectivity index (χ4n) is 4.41. The second kappa shape index (κ2) is 11.1. The molecule has 0 aliphatic heterocycles. The second-order valence-corrected chi connectivity index (χ2v) is 8.84. The molecule has 0 aromatic heterocycles. The first-order valence-electron chi connectivity index (χ1n) is 12.1. The SMILES string of the molecule is CCCCCCc1ccc(CCc2ccc3c(F)c(-c4ccc(OC)cc4)ccc3c2)cc1. The zero-order valence-electron chi connectivity index (χ0n) is 19.7. The summed E-state index contributed by atoms with van der Waals surface area (Å²) in [5.41, 5.74) is 5.50. The molecule has 0 atom stereocenters. The van der Waals surface area contributed by atoms with Crippen LogP contribution in [0.3, 0.4) is 0 Å². The molecule has 4 aromatic carbocycles. The van der Waals surface area contributed by atoms with E-state index in [4.69, 9.17) is 4.74 Å². The number of hydrogen-bond donors (Lipinski definition) is 0. The third-order valence-corrected chi connectivity index (χ3v) is 6.46. The maximum absolute atomic E-state index is 15.3. The number of fused-ring (bicyclic) bond motifs is 1. The predicted molar refractivity (Wildman–Crippen MR) is 138 cm³/mol. The average Bonchev–Trinajstić information content (AvgIpc) is 2.86. The first kappa shape index (κ1) is 23.0. The van der Waals surface area contributed by atoms with Gasteiger partial charge >= 0.3 is 0 Å². The van der Waals surface area contributed by atoms with Gasteiger partial charge in [0.05, 0.1) is 7.11 Å². The highest BCUT2D eigenvalue weighted by atomic mass is 19.1. The van der Waals surface area contributed by atoms with Crippen LogP contribution in [0.2, 0.25) is 0 Å². The maximum atomic E-state index is 15.3. The Kier molecular flexibility index (Phi) is 7.78. The van der Waals surface area contributed by atoms with E-state index in [-0.39, 0.29) is 5.82 Å². The Hall–Kier alpha value is -3.13. The molecule has 0 radical (unpaired) electrons. The summed E-state index contributed by atoms with van der Waals surface area (Å²) in [4.78, 5) is 0. The van der Waals surface area contributed by atoms with Crippen molar-refractivity contribution in [3.63, 3.8) is 0 Å². The molecule has 0 aliphatic rings. The molecule has 0 aliphatic carbocycles. The number of benzene rings is 4. The molecular weight excluding hydrogens is 407 g/mol. The summed E-state index contributed by atoms with van der Waals surface area (Å²) in [6.45, 7) is 2.25. The fraction of sp³-hybridized carbons (Fsp3) is 0.290. The lowest BCUT2D eigenvalue weighted by atomic mass is 9.96. The number of ether oxygens (including phenoxy) is 1. The van der Waals surface area contributed by atoms with Crippen molar-refractivity contribution in [1.82, 2.24) is 0 Å². The van der Waals surface area contributed by atoms with Crippen LogP contribution in [-0.2, 0) is 19.3 Å². The smallest absolute Gasteiger partial charge is 0.138 e. The minimum Gasteiger partial charge on any atom is -0.497 e. The topological polar surface area (TPSA) is 9.23 Å². The molecule has 1 nitrogen and oxygen atoms in total. The molecule has 0 N–H and O–H groups in total. The van der Waals surface area contributed by atoms with Crippen molar-refractivity contribution in [3.05, 3.63) is 101 Å². The van der Waals surface area contributed by atoms with E-state index in [2.05, 4.69) is 43.3 Å². The van der Waals surface area contributed by atoms with Gasteiger partial charge in [0.2, 0.25) is 0 Å². The molecule has 0 unspecified atom stereocenters. The van der Waals surface area contributed by atoms with E-state index in [9.17, 15) is 0 Å². The first-order valence-corrected chi connectivity index (χ1v) is 12.1. The summed E-state index contributed by atoms with van der Waals surface area (Å²) in [5.74, 6) is 0.602. The summed E-state index contributed by atoms with van der Waals surface area (Å²) < 4.78 is 20.5. The number of methoxy groups -OCH3 is 1. The minimum atomic E-state index is -0.168. The van der Waals surface area contributed by atoms with Gasteiger partial charge in [0.25, 0.3) is 0 Å². The van der Waals surface area contributed by atoms with Gasteiger partial charge in [0.15, 0.2) is 0 Å². The summed E-state index contributed by atoms with van der Waals surface area (Å²) >= 11 is 0. The molecule has 33 heavy (non-hydrogen) atoms. The van der Waals surface area contributed by atoms with E-state index in [1.54, 1.807) is 7.11 Å². The average molecular weight is 441 g/mol. The Morgan fingerprint density at radius 2 is 1.33 bits per heavy atom. The van der Waals surface area contributed by atoms with Gasteiger partial charge in [0, 0.05) is 10.9 Å². The summed E-state index contributed by atoms with van der Waals surface area (Å²) in [7, 11) is 1.63. The van der Waals surface area contributed by atoms with Crippen molar-refractivity contribution in [3.8, 4) is 16.9 Å². The fourth-order valence-corrected chi connectivity index (χ4v) is 4.41. The van der Waals surface area contributed by atoms with Crippen LogP contribution in [0.1, 0.15) is 49.3 Å². The van der Waals surface area contributed by atoms with Crippen LogP contribution in [0, 0.1) is 5.82 Å². The molecule has 0 heterocycles. The highest BCUT2D eigenvalue weighted by Crippen LogP contribution is 2.30. The van der Waals surface area contributed by atoms with E-state index in [1.165, 1.54) is 48.8 Å². The summed E-state index contributed by atoms with van der Waals surface area (Å²) in [6.07, 6.45) is 8.33. The van der Waals surface area contributed by atoms with Gasteiger partial charge in [0.1, 0.15) is 11.6 Å². The van der Waals surface area contributed by atoms with Gasteiger partial charge in [-0.05, 0) is 65.5 Å². The van der Waals surface area contributed by atoms with Gasteiger partial charge in [-0.3, -0.25) is 0 Å². The van der Waals surface area contributed by atoms with Gasteiger partial charge in [-0.2, -0.15) is 0 Å². The Bertz CT molecular complexity index is 1180. The van der Waals surface area contributed by atoms with Gasteiger partial charge in [-0.1, -0.05) is 92.9 Å². The van der Waals surface area contributed by atoms with Crippen molar-refractivity contribution in [2.75, 3.05) is 7.11 Å². The number of unbranched alkanes of at least 4 members (excludes halogenated alkanes) is 3. The van der Waals surface area contributed by atoms with Crippen LogP contribution < -0.4 is 4.74 Å². The Morgan fingerprint density at radius 1 is 0.667 bits per heavy atom.